The van der Waals surface area contributed by atoms with E-state index in [0.717, 1.165) is 45.1 Å². The van der Waals surface area contributed by atoms with Gasteiger partial charge in [-0.3, -0.25) is 9.59 Å². The molecule has 5 nitrogen and oxygen atoms in total. The highest BCUT2D eigenvalue weighted by atomic mass is 32.2. The summed E-state index contributed by atoms with van der Waals surface area (Å²) in [7, 11) is 0. The molecule has 1 fully saturated rings. The van der Waals surface area contributed by atoms with Crippen LogP contribution >= 0.6 is 23.1 Å². The van der Waals surface area contributed by atoms with E-state index in [-0.39, 0.29) is 17.7 Å². The molecule has 4 aromatic rings. The van der Waals surface area contributed by atoms with Crippen LogP contribution in [0.3, 0.4) is 0 Å². The topological polar surface area (TPSA) is 71.1 Å². The van der Waals surface area contributed by atoms with Crippen molar-refractivity contribution in [2.24, 2.45) is 5.92 Å². The fraction of sp³-hybridized carbons (Fsp3) is 0.179. The Labute approximate surface area is 213 Å². The number of thioether (sulfide) groups is 1. The van der Waals surface area contributed by atoms with Crippen LogP contribution < -0.4 is 10.6 Å². The van der Waals surface area contributed by atoms with Gasteiger partial charge in [-0.05, 0) is 43.5 Å². The lowest BCUT2D eigenvalue weighted by molar-refractivity contribution is -0.117. The zero-order chi connectivity index (χ0) is 24.2. The molecule has 1 aliphatic carbocycles. The average molecular weight is 500 g/mol. The van der Waals surface area contributed by atoms with E-state index in [1.54, 1.807) is 0 Å². The van der Waals surface area contributed by atoms with Crippen molar-refractivity contribution in [2.75, 3.05) is 10.6 Å². The third-order valence-electron chi connectivity index (χ3n) is 5.72. The number of amides is 2. The molecule has 1 heterocycles. The number of thiazole rings is 1. The molecule has 0 aliphatic heterocycles. The lowest BCUT2D eigenvalue weighted by Gasteiger charge is -2.17. The van der Waals surface area contributed by atoms with Gasteiger partial charge in [-0.2, -0.15) is 0 Å². The first-order chi connectivity index (χ1) is 17.1. The minimum Gasteiger partial charge on any atom is -0.326 e. The van der Waals surface area contributed by atoms with Crippen LogP contribution in [0.25, 0.3) is 11.3 Å². The Kier molecular flexibility index (Phi) is 6.97. The quantitative estimate of drug-likeness (QED) is 0.258. The van der Waals surface area contributed by atoms with Gasteiger partial charge in [0.1, 0.15) is 5.25 Å². The Morgan fingerprint density at radius 3 is 2.37 bits per heavy atom. The van der Waals surface area contributed by atoms with Crippen LogP contribution in [0.5, 0.6) is 0 Å². The van der Waals surface area contributed by atoms with Gasteiger partial charge in [0.15, 0.2) is 5.13 Å². The third-order valence-corrected chi connectivity index (χ3v) is 7.85. The molecule has 176 valence electrons. The van der Waals surface area contributed by atoms with E-state index in [4.69, 9.17) is 4.98 Å². The van der Waals surface area contributed by atoms with Gasteiger partial charge in [-0.15, -0.1) is 23.1 Å². The molecule has 1 unspecified atom stereocenters. The van der Waals surface area contributed by atoms with E-state index in [0.29, 0.717) is 5.13 Å². The summed E-state index contributed by atoms with van der Waals surface area (Å²) in [5.74, 6) is 0.0662. The SMILES string of the molecule is Cc1sc(NC(=O)C(Sc2cccc(NC(=O)C3CC3)c2)c2ccccc2)nc1-c1ccccc1. The second-order valence-corrected chi connectivity index (χ2v) is 10.9. The maximum Gasteiger partial charge on any atom is 0.244 e. The van der Waals surface area contributed by atoms with Gasteiger partial charge >= 0.3 is 0 Å². The summed E-state index contributed by atoms with van der Waals surface area (Å²) in [4.78, 5) is 32.3. The average Bonchev–Trinajstić information content (AvgIpc) is 3.67. The molecular formula is C28H25N3O2S2. The molecule has 1 aliphatic rings. The van der Waals surface area contributed by atoms with E-state index < -0.39 is 5.25 Å². The number of rotatable bonds is 8. The fourth-order valence-electron chi connectivity index (χ4n) is 3.76. The summed E-state index contributed by atoms with van der Waals surface area (Å²) in [6, 6.07) is 27.4. The van der Waals surface area contributed by atoms with E-state index >= 15 is 0 Å². The summed E-state index contributed by atoms with van der Waals surface area (Å²) in [5.41, 5.74) is 3.57. The number of hydrogen-bond acceptors (Lipinski definition) is 5. The monoisotopic (exact) mass is 499 g/mol. The first-order valence-corrected chi connectivity index (χ1v) is 13.2. The molecule has 1 aromatic heterocycles. The maximum atomic E-state index is 13.5. The largest absolute Gasteiger partial charge is 0.326 e. The highest BCUT2D eigenvalue weighted by Crippen LogP contribution is 2.38. The maximum absolute atomic E-state index is 13.5. The Morgan fingerprint density at radius 2 is 1.66 bits per heavy atom. The predicted octanol–water partition coefficient (Wildman–Crippen LogP) is 6.94. The predicted molar refractivity (Wildman–Crippen MR) is 144 cm³/mol. The number of nitrogens with one attached hydrogen (secondary N) is 2. The molecule has 2 amide bonds. The standard InChI is InChI=1S/C28H25N3O2S2/c1-18-24(19-9-4-2-5-10-19)30-28(34-18)31-27(33)25(20-11-6-3-7-12-20)35-23-14-8-13-22(17-23)29-26(32)21-15-16-21/h2-14,17,21,25H,15-16H2,1H3,(H,29,32)(H,30,31,33). The number of hydrogen-bond donors (Lipinski definition) is 2. The highest BCUT2D eigenvalue weighted by molar-refractivity contribution is 8.00. The molecule has 3 aromatic carbocycles. The molecule has 0 bridgehead atoms. The van der Waals surface area contributed by atoms with Gasteiger partial charge in [0, 0.05) is 26.9 Å². The van der Waals surface area contributed by atoms with Gasteiger partial charge in [-0.25, -0.2) is 4.98 Å². The first kappa shape index (κ1) is 23.3. The van der Waals surface area contributed by atoms with Crippen LogP contribution in [-0.4, -0.2) is 16.8 Å². The number of benzene rings is 3. The molecule has 35 heavy (non-hydrogen) atoms. The van der Waals surface area contributed by atoms with Crippen molar-refractivity contribution in [3.05, 3.63) is 95.4 Å². The van der Waals surface area contributed by atoms with E-state index in [1.165, 1.54) is 23.1 Å². The molecule has 1 saturated carbocycles. The molecular weight excluding hydrogens is 474 g/mol. The van der Waals surface area contributed by atoms with Crippen LogP contribution in [0.15, 0.2) is 89.8 Å². The Balaban J connectivity index is 1.36. The lowest BCUT2D eigenvalue weighted by atomic mass is 10.1. The van der Waals surface area contributed by atoms with E-state index in [2.05, 4.69) is 10.6 Å². The molecule has 2 N–H and O–H groups in total. The van der Waals surface area contributed by atoms with Gasteiger partial charge < -0.3 is 10.6 Å². The van der Waals surface area contributed by atoms with Crippen molar-refractivity contribution in [3.63, 3.8) is 0 Å². The fourth-order valence-corrected chi connectivity index (χ4v) is 5.68. The van der Waals surface area contributed by atoms with E-state index in [1.807, 2.05) is 91.9 Å². The van der Waals surface area contributed by atoms with Crippen molar-refractivity contribution in [1.29, 1.82) is 0 Å². The summed E-state index contributed by atoms with van der Waals surface area (Å²) < 4.78 is 0. The van der Waals surface area contributed by atoms with Gasteiger partial charge in [0.25, 0.3) is 0 Å². The zero-order valence-electron chi connectivity index (χ0n) is 19.2. The van der Waals surface area contributed by atoms with Crippen LogP contribution in [0.2, 0.25) is 0 Å². The van der Waals surface area contributed by atoms with Gasteiger partial charge in [0.2, 0.25) is 11.8 Å². The van der Waals surface area contributed by atoms with Gasteiger partial charge in [0.05, 0.1) is 5.69 Å². The highest BCUT2D eigenvalue weighted by Gasteiger charge is 2.29. The van der Waals surface area contributed by atoms with Crippen molar-refractivity contribution in [1.82, 2.24) is 4.98 Å². The Hall–Kier alpha value is -3.42. The second kappa shape index (κ2) is 10.5. The smallest absolute Gasteiger partial charge is 0.244 e. The van der Waals surface area contributed by atoms with Crippen LogP contribution in [0, 0.1) is 12.8 Å². The van der Waals surface area contributed by atoms with Gasteiger partial charge in [-0.1, -0.05) is 66.7 Å². The summed E-state index contributed by atoms with van der Waals surface area (Å²) in [6.07, 6.45) is 1.91. The molecule has 0 saturated heterocycles. The molecule has 0 spiro atoms. The van der Waals surface area contributed by atoms with Crippen molar-refractivity contribution >= 4 is 45.7 Å². The molecule has 7 heteroatoms. The Morgan fingerprint density at radius 1 is 0.943 bits per heavy atom. The lowest BCUT2D eigenvalue weighted by Crippen LogP contribution is -2.19. The number of carbonyl (C=O) groups is 2. The first-order valence-electron chi connectivity index (χ1n) is 11.5. The van der Waals surface area contributed by atoms with Crippen LogP contribution in [0.4, 0.5) is 10.8 Å². The number of nitrogens with zero attached hydrogens (tertiary/aromatic N) is 1. The normalized spacial score (nSPS) is 13.7. The number of carbonyl (C=O) groups excluding carboxylic acids is 2. The number of anilines is 2. The molecule has 0 radical (unpaired) electrons. The minimum absolute atomic E-state index is 0.0675. The zero-order valence-corrected chi connectivity index (χ0v) is 20.9. The third kappa shape index (κ3) is 5.81. The van der Waals surface area contributed by atoms with Crippen molar-refractivity contribution in [2.45, 2.75) is 29.9 Å². The summed E-state index contributed by atoms with van der Waals surface area (Å²) >= 11 is 2.93. The number of aromatic nitrogens is 1. The summed E-state index contributed by atoms with van der Waals surface area (Å²) in [5, 5.41) is 6.13. The summed E-state index contributed by atoms with van der Waals surface area (Å²) in [6.45, 7) is 2.01. The van der Waals surface area contributed by atoms with Crippen molar-refractivity contribution in [3.8, 4) is 11.3 Å². The molecule has 1 atom stereocenters. The molecule has 5 rings (SSSR count). The van der Waals surface area contributed by atoms with Crippen LogP contribution in [0.1, 0.15) is 28.5 Å². The Bertz CT molecular complexity index is 1330. The van der Waals surface area contributed by atoms with Crippen LogP contribution in [-0.2, 0) is 9.59 Å². The van der Waals surface area contributed by atoms with E-state index in [9.17, 15) is 9.59 Å². The second-order valence-electron chi connectivity index (χ2n) is 8.48. The van der Waals surface area contributed by atoms with Crippen molar-refractivity contribution < 1.29 is 9.59 Å². The minimum atomic E-state index is -0.477. The number of aryl methyl sites for hydroxylation is 1.